The normalized spacial score (nSPS) is 11.6. The quantitative estimate of drug-likeness (QED) is 0.254. The van der Waals surface area contributed by atoms with E-state index in [0.717, 1.165) is 33.5 Å². The second kappa shape index (κ2) is 9.50. The van der Waals surface area contributed by atoms with Crippen LogP contribution in [0.15, 0.2) is 85.1 Å². The van der Waals surface area contributed by atoms with Gasteiger partial charge in [0.25, 0.3) is 0 Å². The zero-order valence-electron chi connectivity index (χ0n) is 18.7. The predicted octanol–water partition coefficient (Wildman–Crippen LogP) is 7.11. The molecule has 2 heterocycles. The number of hydrogen-bond donors (Lipinski definition) is 1. The maximum Gasteiger partial charge on any atom is 0.416 e. The zero-order valence-corrected chi connectivity index (χ0v) is 19.5. The van der Waals surface area contributed by atoms with Crippen molar-refractivity contribution in [2.24, 2.45) is 0 Å². The van der Waals surface area contributed by atoms with E-state index in [1.54, 1.807) is 16.8 Å². The summed E-state index contributed by atoms with van der Waals surface area (Å²) in [5, 5.41) is 10.5. The molecule has 0 fully saturated rings. The SMILES string of the molecule is O=C(O)Cn1ccc2cc(OCc3sc(-c4ccc(C(F)(F)F)cc4)nc3-c3ccccc3)ccc21. The molecule has 9 heteroatoms. The summed E-state index contributed by atoms with van der Waals surface area (Å²) in [6.07, 6.45) is -2.68. The number of alkyl halides is 3. The molecule has 0 spiro atoms. The van der Waals surface area contributed by atoms with E-state index >= 15 is 0 Å². The monoisotopic (exact) mass is 508 g/mol. The van der Waals surface area contributed by atoms with Crippen molar-refractivity contribution < 1.29 is 27.8 Å². The molecule has 3 aromatic carbocycles. The Balaban J connectivity index is 1.43. The zero-order chi connectivity index (χ0) is 25.3. The maximum absolute atomic E-state index is 13.0. The fraction of sp³-hybridized carbons (Fsp3) is 0.111. The number of thiazole rings is 1. The van der Waals surface area contributed by atoms with Gasteiger partial charge in [0.15, 0.2) is 0 Å². The minimum atomic E-state index is -4.40. The van der Waals surface area contributed by atoms with Gasteiger partial charge in [0, 0.05) is 28.2 Å². The number of hydrogen-bond acceptors (Lipinski definition) is 4. The summed E-state index contributed by atoms with van der Waals surface area (Å²) in [6, 6.07) is 21.8. The fourth-order valence-electron chi connectivity index (χ4n) is 3.90. The number of aliphatic carboxylic acids is 1. The molecule has 0 aliphatic heterocycles. The highest BCUT2D eigenvalue weighted by Crippen LogP contribution is 2.36. The molecule has 0 radical (unpaired) electrons. The lowest BCUT2D eigenvalue weighted by Crippen LogP contribution is -2.07. The van der Waals surface area contributed by atoms with Crippen LogP contribution < -0.4 is 4.74 Å². The van der Waals surface area contributed by atoms with Crippen molar-refractivity contribution in [2.75, 3.05) is 0 Å². The average molecular weight is 509 g/mol. The number of rotatable bonds is 7. The van der Waals surface area contributed by atoms with Gasteiger partial charge >= 0.3 is 12.1 Å². The summed E-state index contributed by atoms with van der Waals surface area (Å²) in [5.74, 6) is -0.311. The number of benzene rings is 3. The molecular formula is C27H19F3N2O3S. The molecule has 5 aromatic rings. The molecule has 182 valence electrons. The van der Waals surface area contributed by atoms with Gasteiger partial charge in [0.1, 0.15) is 23.9 Å². The van der Waals surface area contributed by atoms with Crippen LogP contribution in [0.5, 0.6) is 5.75 Å². The summed E-state index contributed by atoms with van der Waals surface area (Å²) in [7, 11) is 0. The standard InChI is InChI=1S/C27H19F3N2O3S/c28-27(29,30)20-8-6-18(7-9-20)26-31-25(17-4-2-1-3-5-17)23(36-26)16-35-21-10-11-22-19(14-21)12-13-32(22)15-24(33)34/h1-14H,15-16H2,(H,33,34). The van der Waals surface area contributed by atoms with E-state index in [9.17, 15) is 18.0 Å². The molecule has 5 nitrogen and oxygen atoms in total. The van der Waals surface area contributed by atoms with E-state index in [-0.39, 0.29) is 13.2 Å². The first-order valence-corrected chi connectivity index (χ1v) is 11.8. The van der Waals surface area contributed by atoms with Crippen LogP contribution in [0.25, 0.3) is 32.7 Å². The number of carbonyl (C=O) groups is 1. The summed E-state index contributed by atoms with van der Waals surface area (Å²) in [5.41, 5.74) is 2.27. The van der Waals surface area contributed by atoms with E-state index < -0.39 is 17.7 Å². The molecule has 0 atom stereocenters. The molecule has 36 heavy (non-hydrogen) atoms. The number of carboxylic acids is 1. The van der Waals surface area contributed by atoms with E-state index in [0.29, 0.717) is 22.0 Å². The van der Waals surface area contributed by atoms with Crippen molar-refractivity contribution in [3.63, 3.8) is 0 Å². The van der Waals surface area contributed by atoms with Gasteiger partial charge in [0.2, 0.25) is 0 Å². The molecular weight excluding hydrogens is 489 g/mol. The third kappa shape index (κ3) is 4.96. The molecule has 2 aromatic heterocycles. The highest BCUT2D eigenvalue weighted by Gasteiger charge is 2.30. The summed E-state index contributed by atoms with van der Waals surface area (Å²) in [4.78, 5) is 16.6. The first kappa shape index (κ1) is 23.6. The largest absolute Gasteiger partial charge is 0.488 e. The van der Waals surface area contributed by atoms with Crippen molar-refractivity contribution >= 4 is 28.2 Å². The highest BCUT2D eigenvalue weighted by molar-refractivity contribution is 7.15. The van der Waals surface area contributed by atoms with Crippen molar-refractivity contribution in [2.45, 2.75) is 19.3 Å². The number of nitrogens with zero attached hydrogens (tertiary/aromatic N) is 2. The Labute approximate surface area is 208 Å². The smallest absolute Gasteiger partial charge is 0.416 e. The molecule has 0 aliphatic rings. The Morgan fingerprint density at radius 3 is 2.42 bits per heavy atom. The number of ether oxygens (including phenoxy) is 1. The van der Waals surface area contributed by atoms with Crippen molar-refractivity contribution in [1.82, 2.24) is 9.55 Å². The van der Waals surface area contributed by atoms with Gasteiger partial charge < -0.3 is 14.4 Å². The first-order valence-electron chi connectivity index (χ1n) is 10.9. The third-order valence-electron chi connectivity index (χ3n) is 5.62. The predicted molar refractivity (Wildman–Crippen MR) is 132 cm³/mol. The minimum Gasteiger partial charge on any atom is -0.488 e. The van der Waals surface area contributed by atoms with E-state index in [2.05, 4.69) is 0 Å². The minimum absolute atomic E-state index is 0.127. The first-order chi connectivity index (χ1) is 17.3. The molecule has 0 amide bonds. The molecule has 5 rings (SSSR count). The summed E-state index contributed by atoms with van der Waals surface area (Å²) < 4.78 is 46.6. The van der Waals surface area contributed by atoms with Gasteiger partial charge in [-0.15, -0.1) is 11.3 Å². The molecule has 1 N–H and O–H groups in total. The number of aromatic nitrogens is 2. The Morgan fingerprint density at radius 2 is 1.72 bits per heavy atom. The summed E-state index contributed by atoms with van der Waals surface area (Å²) >= 11 is 1.37. The third-order valence-corrected chi connectivity index (χ3v) is 6.70. The molecule has 0 aliphatic carbocycles. The maximum atomic E-state index is 13.0. The highest BCUT2D eigenvalue weighted by atomic mass is 32.1. The average Bonchev–Trinajstić information content (AvgIpc) is 3.47. The Bertz CT molecular complexity index is 1520. The second-order valence-corrected chi connectivity index (χ2v) is 9.16. The molecule has 0 unspecified atom stereocenters. The number of carboxylic acid groups (broad SMARTS) is 1. The van der Waals surface area contributed by atoms with Crippen LogP contribution in [-0.2, 0) is 24.1 Å². The van der Waals surface area contributed by atoms with Gasteiger partial charge in [-0.2, -0.15) is 13.2 Å². The van der Waals surface area contributed by atoms with Crippen molar-refractivity contribution in [3.05, 3.63) is 95.5 Å². The van der Waals surface area contributed by atoms with E-state index in [1.165, 1.54) is 23.5 Å². The van der Waals surface area contributed by atoms with Crippen molar-refractivity contribution in [3.8, 4) is 27.6 Å². The molecule has 0 saturated carbocycles. The van der Waals surface area contributed by atoms with Gasteiger partial charge in [-0.25, -0.2) is 4.98 Å². The Morgan fingerprint density at radius 1 is 0.972 bits per heavy atom. The second-order valence-electron chi connectivity index (χ2n) is 8.08. The van der Waals surface area contributed by atoms with Crippen molar-refractivity contribution in [1.29, 1.82) is 0 Å². The molecule has 0 bridgehead atoms. The van der Waals surface area contributed by atoms with Crippen LogP contribution in [0.3, 0.4) is 0 Å². The lowest BCUT2D eigenvalue weighted by atomic mass is 10.1. The van der Waals surface area contributed by atoms with Gasteiger partial charge in [-0.05, 0) is 36.4 Å². The van der Waals surface area contributed by atoms with Crippen LogP contribution in [0.2, 0.25) is 0 Å². The Hall–Kier alpha value is -4.11. The van der Waals surface area contributed by atoms with Gasteiger partial charge in [0.05, 0.1) is 16.1 Å². The number of fused-ring (bicyclic) bond motifs is 1. The van der Waals surface area contributed by atoms with Crippen LogP contribution in [0, 0.1) is 0 Å². The van der Waals surface area contributed by atoms with Crippen LogP contribution >= 0.6 is 11.3 Å². The number of halogens is 3. The van der Waals surface area contributed by atoms with Gasteiger partial charge in [-0.1, -0.05) is 42.5 Å². The van der Waals surface area contributed by atoms with E-state index in [4.69, 9.17) is 14.8 Å². The van der Waals surface area contributed by atoms with Crippen LogP contribution in [0.4, 0.5) is 13.2 Å². The fourth-order valence-corrected chi connectivity index (χ4v) is 4.90. The van der Waals surface area contributed by atoms with E-state index in [1.807, 2.05) is 48.5 Å². The lowest BCUT2D eigenvalue weighted by Gasteiger charge is -2.08. The lowest BCUT2D eigenvalue weighted by molar-refractivity contribution is -0.138. The molecule has 0 saturated heterocycles. The van der Waals surface area contributed by atoms with Crippen LogP contribution in [0.1, 0.15) is 10.4 Å². The van der Waals surface area contributed by atoms with Gasteiger partial charge in [-0.3, -0.25) is 4.79 Å². The Kier molecular flexibility index (Phi) is 6.24. The van der Waals surface area contributed by atoms with Crippen LogP contribution in [-0.4, -0.2) is 20.6 Å². The summed E-state index contributed by atoms with van der Waals surface area (Å²) in [6.45, 7) is 0.0849. The topological polar surface area (TPSA) is 64.3 Å².